The van der Waals surface area contributed by atoms with E-state index in [4.69, 9.17) is 26.3 Å². The minimum atomic E-state index is -5.01. The number of phosphoric ester groups is 1. The van der Waals surface area contributed by atoms with Gasteiger partial charge in [0, 0.05) is 5.88 Å². The molecule has 0 aromatic heterocycles. The van der Waals surface area contributed by atoms with Gasteiger partial charge in [-0.3, -0.25) is 4.52 Å². The van der Waals surface area contributed by atoms with E-state index in [1.54, 1.807) is 0 Å². The molecule has 0 amide bonds. The highest BCUT2D eigenvalue weighted by Crippen LogP contribution is 2.57. The van der Waals surface area contributed by atoms with Crippen molar-refractivity contribution in [3.63, 3.8) is 0 Å². The van der Waals surface area contributed by atoms with E-state index in [-0.39, 0.29) is 18.9 Å². The van der Waals surface area contributed by atoms with Crippen molar-refractivity contribution in [1.29, 1.82) is 0 Å². The van der Waals surface area contributed by atoms with Gasteiger partial charge in [-0.1, -0.05) is 0 Å². The number of alkyl halides is 1. The van der Waals surface area contributed by atoms with E-state index >= 15 is 0 Å². The summed E-state index contributed by atoms with van der Waals surface area (Å²) < 4.78 is 28.4. The van der Waals surface area contributed by atoms with Gasteiger partial charge in [-0.05, 0) is 6.42 Å². The van der Waals surface area contributed by atoms with Crippen LogP contribution < -0.4 is 0 Å². The average molecular weight is 254 g/mol. The van der Waals surface area contributed by atoms with E-state index in [9.17, 15) is 9.13 Å². The summed E-state index contributed by atoms with van der Waals surface area (Å²) in [5, 5.41) is 0. The van der Waals surface area contributed by atoms with Crippen LogP contribution in [0.4, 0.5) is 0 Å². The fourth-order valence-corrected chi connectivity index (χ4v) is 2.13. The number of phosphoric acid groups is 2. The molecule has 0 bridgehead atoms. The molecule has 0 aliphatic carbocycles. The Morgan fingerprint density at radius 2 is 1.77 bits per heavy atom. The van der Waals surface area contributed by atoms with Crippen molar-refractivity contribution in [2.75, 3.05) is 12.5 Å². The molecule has 1 atom stereocenters. The van der Waals surface area contributed by atoms with Crippen molar-refractivity contribution >= 4 is 27.2 Å². The molecular weight excluding hydrogens is 245 g/mol. The maximum Gasteiger partial charge on any atom is 0.481 e. The second kappa shape index (κ2) is 5.44. The second-order valence-electron chi connectivity index (χ2n) is 1.92. The van der Waals surface area contributed by atoms with E-state index < -0.39 is 15.6 Å². The van der Waals surface area contributed by atoms with Crippen molar-refractivity contribution < 1.29 is 32.6 Å². The molecular formula is C3H9ClO7P2. The zero-order valence-electron chi connectivity index (χ0n) is 6.37. The Kier molecular flexibility index (Phi) is 5.67. The quantitative estimate of drug-likeness (QED) is 0.365. The van der Waals surface area contributed by atoms with E-state index in [0.717, 1.165) is 0 Å². The Morgan fingerprint density at radius 1 is 1.23 bits per heavy atom. The molecule has 0 fully saturated rings. The van der Waals surface area contributed by atoms with Gasteiger partial charge < -0.3 is 14.7 Å². The van der Waals surface area contributed by atoms with Crippen LogP contribution in [0, 0.1) is 0 Å². The molecule has 1 unspecified atom stereocenters. The van der Waals surface area contributed by atoms with Crippen LogP contribution in [0.3, 0.4) is 0 Å². The van der Waals surface area contributed by atoms with Crippen LogP contribution in [0.5, 0.6) is 0 Å². The lowest BCUT2D eigenvalue weighted by molar-refractivity contribution is 0.179. The van der Waals surface area contributed by atoms with Crippen LogP contribution in [0.2, 0.25) is 0 Å². The molecule has 13 heavy (non-hydrogen) atoms. The average Bonchev–Trinajstić information content (AvgIpc) is 1.81. The zero-order chi connectivity index (χ0) is 10.5. The Balaban J connectivity index is 3.95. The van der Waals surface area contributed by atoms with Gasteiger partial charge in [0.15, 0.2) is 0 Å². The Labute approximate surface area is 79.5 Å². The Hall–Kier alpha value is 0.550. The lowest BCUT2D eigenvalue weighted by Gasteiger charge is -2.11. The summed E-state index contributed by atoms with van der Waals surface area (Å²) in [5.74, 6) is 0.204. The Morgan fingerprint density at radius 3 is 2.15 bits per heavy atom. The smallest absolute Gasteiger partial charge is 0.302 e. The second-order valence-corrected chi connectivity index (χ2v) is 5.12. The van der Waals surface area contributed by atoms with Crippen molar-refractivity contribution in [3.05, 3.63) is 0 Å². The first kappa shape index (κ1) is 13.5. The van der Waals surface area contributed by atoms with Crippen LogP contribution in [-0.2, 0) is 18.0 Å². The number of hydrogen-bond acceptors (Lipinski definition) is 4. The summed E-state index contributed by atoms with van der Waals surface area (Å²) in [6.07, 6.45) is 0.274. The fourth-order valence-electron chi connectivity index (χ4n) is 0.392. The fraction of sp³-hybridized carbons (Fsp3) is 1.00. The third-order valence-electron chi connectivity index (χ3n) is 0.742. The highest BCUT2D eigenvalue weighted by Gasteiger charge is 2.31. The van der Waals surface area contributed by atoms with Crippen molar-refractivity contribution in [2.45, 2.75) is 6.42 Å². The van der Waals surface area contributed by atoms with Crippen LogP contribution >= 0.6 is 27.2 Å². The summed E-state index contributed by atoms with van der Waals surface area (Å²) in [7, 11) is -9.67. The van der Waals surface area contributed by atoms with E-state index in [1.807, 2.05) is 0 Å². The molecule has 0 saturated carbocycles. The molecule has 3 N–H and O–H groups in total. The summed E-state index contributed by atoms with van der Waals surface area (Å²) in [5.41, 5.74) is 0. The minimum absolute atomic E-state index is 0.204. The zero-order valence-corrected chi connectivity index (χ0v) is 8.91. The van der Waals surface area contributed by atoms with E-state index in [2.05, 4.69) is 8.83 Å². The third-order valence-corrected chi connectivity index (χ3v) is 3.19. The first-order valence-electron chi connectivity index (χ1n) is 3.07. The predicted octanol–water partition coefficient (Wildman–Crippen LogP) is 0.842. The summed E-state index contributed by atoms with van der Waals surface area (Å²) in [6, 6.07) is 0. The highest BCUT2D eigenvalue weighted by atomic mass is 35.5. The monoisotopic (exact) mass is 254 g/mol. The van der Waals surface area contributed by atoms with E-state index in [0.29, 0.717) is 0 Å². The van der Waals surface area contributed by atoms with Crippen molar-refractivity contribution in [1.82, 2.24) is 0 Å². The van der Waals surface area contributed by atoms with Crippen LogP contribution in [0.25, 0.3) is 0 Å². The normalized spacial score (nSPS) is 16.9. The SMILES string of the molecule is O=P(O)(O)OP(=O)(O)OCCCCl. The summed E-state index contributed by atoms with van der Waals surface area (Å²) in [4.78, 5) is 25.0. The molecule has 0 radical (unpaired) electrons. The lowest BCUT2D eigenvalue weighted by Crippen LogP contribution is -1.96. The van der Waals surface area contributed by atoms with Gasteiger partial charge in [0.05, 0.1) is 6.61 Å². The molecule has 7 nitrogen and oxygen atoms in total. The largest absolute Gasteiger partial charge is 0.481 e. The Bertz CT molecular complexity index is 236. The predicted molar refractivity (Wildman–Crippen MR) is 44.2 cm³/mol. The topological polar surface area (TPSA) is 113 Å². The van der Waals surface area contributed by atoms with Gasteiger partial charge in [-0.15, -0.1) is 11.6 Å². The third kappa shape index (κ3) is 8.87. The van der Waals surface area contributed by atoms with Crippen LogP contribution in [0.1, 0.15) is 6.42 Å². The summed E-state index contributed by atoms with van der Waals surface area (Å²) >= 11 is 5.22. The standard InChI is InChI=1S/C3H9ClO7P2/c4-2-1-3-10-13(8,9)11-12(5,6)7/h1-3H2,(H,8,9)(H2,5,6,7). The van der Waals surface area contributed by atoms with Gasteiger partial charge in [0.25, 0.3) is 0 Å². The molecule has 0 saturated heterocycles. The van der Waals surface area contributed by atoms with Crippen molar-refractivity contribution in [2.24, 2.45) is 0 Å². The molecule has 0 aliphatic heterocycles. The molecule has 10 heteroatoms. The van der Waals surface area contributed by atoms with Gasteiger partial charge in [-0.25, -0.2) is 9.13 Å². The number of hydrogen-bond donors (Lipinski definition) is 3. The van der Waals surface area contributed by atoms with Crippen molar-refractivity contribution in [3.8, 4) is 0 Å². The molecule has 0 aliphatic rings. The molecule has 0 aromatic rings. The first-order chi connectivity index (χ1) is 5.77. The minimum Gasteiger partial charge on any atom is -0.302 e. The first-order valence-corrected chi connectivity index (χ1v) is 6.63. The van der Waals surface area contributed by atoms with Crippen LogP contribution in [0.15, 0.2) is 0 Å². The van der Waals surface area contributed by atoms with Gasteiger partial charge >= 0.3 is 15.6 Å². The highest BCUT2D eigenvalue weighted by molar-refractivity contribution is 7.60. The molecule has 0 aromatic carbocycles. The van der Waals surface area contributed by atoms with Crippen LogP contribution in [-0.4, -0.2) is 27.2 Å². The number of halogens is 1. The molecule has 0 rings (SSSR count). The molecule has 0 spiro atoms. The molecule has 80 valence electrons. The summed E-state index contributed by atoms with van der Waals surface area (Å²) in [6.45, 7) is -0.211. The van der Waals surface area contributed by atoms with Gasteiger partial charge in [0.2, 0.25) is 0 Å². The number of rotatable bonds is 6. The lowest BCUT2D eigenvalue weighted by atomic mass is 10.5. The van der Waals surface area contributed by atoms with Gasteiger partial charge in [0.1, 0.15) is 0 Å². The molecule has 0 heterocycles. The van der Waals surface area contributed by atoms with E-state index in [1.165, 1.54) is 0 Å². The van der Waals surface area contributed by atoms with Gasteiger partial charge in [-0.2, -0.15) is 4.31 Å². The maximum absolute atomic E-state index is 10.7. The maximum atomic E-state index is 10.7.